The van der Waals surface area contributed by atoms with E-state index in [-0.39, 0.29) is 16.4 Å². The van der Waals surface area contributed by atoms with Gasteiger partial charge in [0.1, 0.15) is 0 Å². The first kappa shape index (κ1) is 13.7. The summed E-state index contributed by atoms with van der Waals surface area (Å²) in [4.78, 5) is 23.7. The molecule has 2 aromatic rings. The molecule has 0 aliphatic rings. The normalized spacial score (nSPS) is 11.8. The zero-order chi connectivity index (χ0) is 13.8. The molecule has 2 nitrogen and oxygen atoms in total. The molecule has 3 heteroatoms. The van der Waals surface area contributed by atoms with Gasteiger partial charge >= 0.3 is 120 Å². The van der Waals surface area contributed by atoms with Crippen LogP contribution in [-0.4, -0.2) is 26.5 Å². The van der Waals surface area contributed by atoms with Gasteiger partial charge in [-0.3, -0.25) is 0 Å². The van der Waals surface area contributed by atoms with Crippen LogP contribution in [0.1, 0.15) is 34.3 Å². The Balaban J connectivity index is 2.34. The van der Waals surface area contributed by atoms with Crippen LogP contribution in [-0.2, 0) is 4.79 Å². The summed E-state index contributed by atoms with van der Waals surface area (Å²) in [5, 5.41) is 0. The molecule has 0 saturated carbocycles. The zero-order valence-electron chi connectivity index (χ0n) is 10.5. The molecule has 1 atom stereocenters. The summed E-state index contributed by atoms with van der Waals surface area (Å²) in [6.45, 7) is 1.82. The molecule has 0 heterocycles. The number of hydrogen-bond donors (Lipinski definition) is 0. The molecule has 0 fully saturated rings. The number of carbonyl (C=O) groups excluding carboxylic acids is 2. The van der Waals surface area contributed by atoms with Crippen molar-refractivity contribution in [3.8, 4) is 0 Å². The van der Waals surface area contributed by atoms with Gasteiger partial charge in [-0.15, -0.1) is 0 Å². The second-order valence-electron chi connectivity index (χ2n) is 4.36. The van der Waals surface area contributed by atoms with Crippen LogP contribution in [0.3, 0.4) is 0 Å². The Hall–Kier alpha value is -1.70. The van der Waals surface area contributed by atoms with E-state index >= 15 is 0 Å². The van der Waals surface area contributed by atoms with Crippen LogP contribution in [0.5, 0.6) is 0 Å². The van der Waals surface area contributed by atoms with Crippen molar-refractivity contribution < 1.29 is 9.59 Å². The number of ketones is 1. The second-order valence-corrected chi connectivity index (χ2v) is 5.21. The van der Waals surface area contributed by atoms with Crippen molar-refractivity contribution >= 4 is 26.5 Å². The van der Waals surface area contributed by atoms with Crippen LogP contribution in [0, 0.1) is 0 Å². The molecule has 0 bridgehead atoms. The molecule has 0 radical (unpaired) electrons. The van der Waals surface area contributed by atoms with Gasteiger partial charge in [0.25, 0.3) is 0 Å². The fourth-order valence-electron chi connectivity index (χ4n) is 1.84. The first-order valence-corrected chi connectivity index (χ1v) is 6.86. The van der Waals surface area contributed by atoms with Gasteiger partial charge in [0.2, 0.25) is 0 Å². The molecule has 0 aromatic heterocycles. The van der Waals surface area contributed by atoms with E-state index in [1.807, 2.05) is 37.3 Å². The van der Waals surface area contributed by atoms with E-state index in [4.69, 9.17) is 0 Å². The van der Waals surface area contributed by atoms with E-state index in [0.717, 1.165) is 5.56 Å². The second kappa shape index (κ2) is 5.96. The fraction of sp³-hybridized carbons (Fsp3) is 0.125. The maximum atomic E-state index is 12.3. The standard InChI is InChI=1S/C16H14O2Se/c1-11(16(18)19)13-8-5-9-14(10-13)15(17)12-6-3-2-4-7-12/h2-11H,1H3,(H,18,19)/p-1. The Morgan fingerprint density at radius 1 is 0.947 bits per heavy atom. The van der Waals surface area contributed by atoms with E-state index in [0.29, 0.717) is 11.1 Å². The minimum atomic E-state index is -0.233. The molecule has 2 rings (SSSR count). The maximum absolute atomic E-state index is 12.3. The third kappa shape index (κ3) is 3.19. The van der Waals surface area contributed by atoms with E-state index in [1.54, 1.807) is 24.3 Å². The van der Waals surface area contributed by atoms with Crippen LogP contribution in [0.25, 0.3) is 0 Å². The average Bonchev–Trinajstić information content (AvgIpc) is 2.46. The van der Waals surface area contributed by atoms with Crippen molar-refractivity contribution in [2.24, 2.45) is 0 Å². The number of hydrogen-bond acceptors (Lipinski definition) is 2. The van der Waals surface area contributed by atoms with Gasteiger partial charge in [-0.05, 0) is 0 Å². The molecule has 1 unspecified atom stereocenters. The summed E-state index contributed by atoms with van der Waals surface area (Å²) in [6, 6.07) is 16.4. The summed E-state index contributed by atoms with van der Waals surface area (Å²) < 4.78 is -0.0238. The third-order valence-electron chi connectivity index (χ3n) is 3.04. The van der Waals surface area contributed by atoms with E-state index in [9.17, 15) is 9.59 Å². The van der Waals surface area contributed by atoms with Crippen molar-refractivity contribution in [2.45, 2.75) is 12.8 Å². The Kier molecular flexibility index (Phi) is 4.31. The van der Waals surface area contributed by atoms with Crippen molar-refractivity contribution in [3.05, 3.63) is 71.3 Å². The number of carbonyl (C=O) groups is 2. The molecule has 2 aromatic carbocycles. The quantitative estimate of drug-likeness (QED) is 0.642. The van der Waals surface area contributed by atoms with E-state index < -0.39 is 0 Å². The van der Waals surface area contributed by atoms with Gasteiger partial charge < -0.3 is 0 Å². The summed E-state index contributed by atoms with van der Waals surface area (Å²) >= 11 is 2.49. The molecule has 96 valence electrons. The van der Waals surface area contributed by atoms with Gasteiger partial charge in [0.05, 0.1) is 0 Å². The Labute approximate surface area is 120 Å². The minimum absolute atomic E-state index is 0.0238. The van der Waals surface area contributed by atoms with Gasteiger partial charge in [-0.1, -0.05) is 0 Å². The van der Waals surface area contributed by atoms with Crippen LogP contribution in [0.4, 0.5) is 0 Å². The topological polar surface area (TPSA) is 34.1 Å². The first-order chi connectivity index (χ1) is 9.09. The van der Waals surface area contributed by atoms with E-state index in [1.165, 1.54) is 0 Å². The van der Waals surface area contributed by atoms with Crippen molar-refractivity contribution in [1.82, 2.24) is 0 Å². The molecule has 0 saturated heterocycles. The summed E-state index contributed by atoms with van der Waals surface area (Å²) in [5.74, 6) is -0.259. The Bertz CT molecular complexity index is 605. The predicted octanol–water partition coefficient (Wildman–Crippen LogP) is 2.72. The third-order valence-corrected chi connectivity index (χ3v) is 3.78. The van der Waals surface area contributed by atoms with Crippen molar-refractivity contribution in [2.75, 3.05) is 0 Å². The van der Waals surface area contributed by atoms with Gasteiger partial charge in [0, 0.05) is 0 Å². The van der Waals surface area contributed by atoms with Crippen molar-refractivity contribution in [3.63, 3.8) is 0 Å². The molecule has 0 amide bonds. The van der Waals surface area contributed by atoms with Crippen molar-refractivity contribution in [1.29, 1.82) is 0 Å². The SMILES string of the molecule is CC(C(=O)[Se-])c1cccc(C(=O)c2ccccc2)c1. The Morgan fingerprint density at radius 3 is 2.21 bits per heavy atom. The predicted molar refractivity (Wildman–Crippen MR) is 75.5 cm³/mol. The van der Waals surface area contributed by atoms with Crippen LogP contribution < -0.4 is 0 Å². The molecule has 0 spiro atoms. The first-order valence-electron chi connectivity index (χ1n) is 6.00. The molecule has 0 aliphatic heterocycles. The molecule has 0 N–H and O–H groups in total. The van der Waals surface area contributed by atoms with Gasteiger partial charge in [-0.25, -0.2) is 0 Å². The monoisotopic (exact) mass is 317 g/mol. The summed E-state index contributed by atoms with van der Waals surface area (Å²) in [6.07, 6.45) is 0. The fourth-order valence-corrected chi connectivity index (χ4v) is 2.13. The average molecular weight is 316 g/mol. The van der Waals surface area contributed by atoms with Gasteiger partial charge in [-0.2, -0.15) is 0 Å². The Morgan fingerprint density at radius 2 is 1.58 bits per heavy atom. The number of benzene rings is 2. The molecular formula is C16H13O2Se-. The molecule has 19 heavy (non-hydrogen) atoms. The summed E-state index contributed by atoms with van der Waals surface area (Å²) in [5.41, 5.74) is 2.11. The van der Waals surface area contributed by atoms with Crippen LogP contribution in [0.15, 0.2) is 54.6 Å². The van der Waals surface area contributed by atoms with Gasteiger partial charge in [0.15, 0.2) is 0 Å². The van der Waals surface area contributed by atoms with Crippen LogP contribution in [0.2, 0.25) is 0 Å². The summed E-state index contributed by atoms with van der Waals surface area (Å²) in [7, 11) is 0. The molecule has 0 aliphatic carbocycles. The van der Waals surface area contributed by atoms with E-state index in [2.05, 4.69) is 16.0 Å². The molecular weight excluding hydrogens is 303 g/mol. The zero-order valence-corrected chi connectivity index (χ0v) is 12.2. The number of rotatable bonds is 4. The van der Waals surface area contributed by atoms with Crippen LogP contribution >= 0.6 is 0 Å².